The molecule has 0 bridgehead atoms. The van der Waals surface area contributed by atoms with Gasteiger partial charge in [-0.1, -0.05) is 6.08 Å². The Balaban J connectivity index is 4.56. The van der Waals surface area contributed by atoms with Crippen LogP contribution >= 0.6 is 15.7 Å². The van der Waals surface area contributed by atoms with Crippen molar-refractivity contribution < 1.29 is 13.6 Å². The molecule has 0 radical (unpaired) electrons. The number of hydrogen-bond acceptors (Lipinski definition) is 5. The van der Waals surface area contributed by atoms with Crippen molar-refractivity contribution in [2.75, 3.05) is 26.5 Å². The fourth-order valence-corrected chi connectivity index (χ4v) is 4.10. The number of nitrogens with zero attached hydrogens (tertiary/aromatic N) is 2. The van der Waals surface area contributed by atoms with Gasteiger partial charge in [0, 0.05) is 12.1 Å². The third kappa shape index (κ3) is 10.5. The van der Waals surface area contributed by atoms with Gasteiger partial charge in [-0.25, -0.2) is 4.67 Å². The molecule has 0 aliphatic heterocycles. The molecule has 0 saturated heterocycles. The zero-order valence-corrected chi connectivity index (χ0v) is 16.4. The second kappa shape index (κ2) is 11.3. The molecular weight excluding hydrogens is 318 g/mol. The van der Waals surface area contributed by atoms with E-state index < -0.39 is 15.7 Å². The van der Waals surface area contributed by atoms with E-state index in [0.29, 0.717) is 38.1 Å². The molecule has 0 aromatic rings. The van der Waals surface area contributed by atoms with Crippen LogP contribution in [0.1, 0.15) is 40.5 Å². The lowest BCUT2D eigenvalue weighted by atomic mass is 10.3. The van der Waals surface area contributed by atoms with Gasteiger partial charge < -0.3 is 13.6 Å². The highest BCUT2D eigenvalue weighted by atomic mass is 31.2. The van der Waals surface area contributed by atoms with Crippen LogP contribution in [0.4, 0.5) is 0 Å². The molecular formula is C15H30N2O3P2. The summed E-state index contributed by atoms with van der Waals surface area (Å²) in [4.78, 5) is 0. The third-order valence-electron chi connectivity index (χ3n) is 2.61. The minimum absolute atomic E-state index is 0.301. The van der Waals surface area contributed by atoms with E-state index in [1.807, 2.05) is 6.08 Å². The first-order chi connectivity index (χ1) is 10.2. The topological polar surface area (TPSA) is 62.6 Å². The minimum atomic E-state index is -2.11. The van der Waals surface area contributed by atoms with Gasteiger partial charge in [-0.3, -0.25) is 0 Å². The van der Waals surface area contributed by atoms with Gasteiger partial charge in [0.25, 0.3) is 8.53 Å². The lowest BCUT2D eigenvalue weighted by molar-refractivity contribution is 0.178. The zero-order valence-electron chi connectivity index (χ0n) is 14.7. The summed E-state index contributed by atoms with van der Waals surface area (Å²) in [6.45, 7) is 12.8. The Bertz CT molecular complexity index is 406. The van der Waals surface area contributed by atoms with Gasteiger partial charge in [-0.2, -0.15) is 5.26 Å². The van der Waals surface area contributed by atoms with Crippen molar-refractivity contribution >= 4 is 15.7 Å². The molecule has 22 heavy (non-hydrogen) atoms. The van der Waals surface area contributed by atoms with Crippen LogP contribution in [-0.2, 0) is 13.6 Å². The lowest BCUT2D eigenvalue weighted by Gasteiger charge is -2.35. The second-order valence-electron chi connectivity index (χ2n) is 5.99. The first kappa shape index (κ1) is 21.8. The maximum absolute atomic E-state index is 11.6. The molecule has 0 saturated carbocycles. The smallest absolute Gasteiger partial charge is 0.259 e. The van der Waals surface area contributed by atoms with Crippen LogP contribution in [0, 0.1) is 11.3 Å². The SMILES string of the molecule is CC(C)N(C(C)C)P(OCCC#N)OCC/C=C/P(C)(C)=O. The lowest BCUT2D eigenvalue weighted by Crippen LogP contribution is -2.33. The molecule has 1 atom stereocenters. The van der Waals surface area contributed by atoms with Crippen LogP contribution in [0.2, 0.25) is 0 Å². The summed E-state index contributed by atoms with van der Waals surface area (Å²) in [5.41, 5.74) is 0. The maximum Gasteiger partial charge on any atom is 0.259 e. The summed E-state index contributed by atoms with van der Waals surface area (Å²) in [5, 5.41) is 8.65. The summed E-state index contributed by atoms with van der Waals surface area (Å²) in [7, 11) is -3.29. The van der Waals surface area contributed by atoms with E-state index in [4.69, 9.17) is 14.3 Å². The van der Waals surface area contributed by atoms with E-state index in [1.165, 1.54) is 0 Å². The Kier molecular flexibility index (Phi) is 11.2. The van der Waals surface area contributed by atoms with Crippen molar-refractivity contribution in [1.29, 1.82) is 5.26 Å². The van der Waals surface area contributed by atoms with Gasteiger partial charge in [0.2, 0.25) is 0 Å². The summed E-state index contributed by atoms with van der Waals surface area (Å²) in [6.07, 6.45) is 2.97. The van der Waals surface area contributed by atoms with Crippen molar-refractivity contribution in [2.24, 2.45) is 0 Å². The van der Waals surface area contributed by atoms with Crippen molar-refractivity contribution in [3.05, 3.63) is 11.9 Å². The van der Waals surface area contributed by atoms with E-state index in [9.17, 15) is 4.57 Å². The third-order valence-corrected chi connectivity index (χ3v) is 5.65. The predicted molar refractivity (Wildman–Crippen MR) is 94.4 cm³/mol. The Morgan fingerprint density at radius 2 is 1.73 bits per heavy atom. The van der Waals surface area contributed by atoms with Gasteiger partial charge in [0.05, 0.1) is 25.7 Å². The van der Waals surface area contributed by atoms with Crippen LogP contribution in [0.15, 0.2) is 11.9 Å². The molecule has 0 N–H and O–H groups in total. The molecule has 0 fully saturated rings. The monoisotopic (exact) mass is 348 g/mol. The summed E-state index contributed by atoms with van der Waals surface area (Å²) in [6, 6.07) is 2.68. The van der Waals surface area contributed by atoms with Crippen LogP contribution < -0.4 is 0 Å². The van der Waals surface area contributed by atoms with Gasteiger partial charge in [0.15, 0.2) is 0 Å². The molecule has 0 rings (SSSR count). The molecule has 128 valence electrons. The van der Waals surface area contributed by atoms with E-state index in [2.05, 4.69) is 38.4 Å². The number of rotatable bonds is 11. The van der Waals surface area contributed by atoms with Crippen LogP contribution in [-0.4, -0.2) is 43.3 Å². The first-order valence-electron chi connectivity index (χ1n) is 7.62. The largest absolute Gasteiger partial charge is 0.322 e. The normalized spacial score (nSPS) is 14.2. The minimum Gasteiger partial charge on any atom is -0.322 e. The average Bonchev–Trinajstić information content (AvgIpc) is 2.35. The van der Waals surface area contributed by atoms with Crippen LogP contribution in [0.5, 0.6) is 0 Å². The fraction of sp³-hybridized carbons (Fsp3) is 0.800. The molecule has 5 nitrogen and oxygen atoms in total. The Morgan fingerprint density at radius 3 is 2.18 bits per heavy atom. The van der Waals surface area contributed by atoms with E-state index in [1.54, 1.807) is 19.1 Å². The van der Waals surface area contributed by atoms with E-state index >= 15 is 0 Å². The van der Waals surface area contributed by atoms with E-state index in [-0.39, 0.29) is 0 Å². The fourth-order valence-electron chi connectivity index (χ4n) is 1.84. The predicted octanol–water partition coefficient (Wildman–Crippen LogP) is 4.81. The number of hydrogen-bond donors (Lipinski definition) is 0. The van der Waals surface area contributed by atoms with E-state index in [0.717, 1.165) is 0 Å². The number of nitriles is 1. The highest BCUT2D eigenvalue weighted by Crippen LogP contribution is 2.46. The van der Waals surface area contributed by atoms with Crippen molar-refractivity contribution in [3.63, 3.8) is 0 Å². The quantitative estimate of drug-likeness (QED) is 0.396. The summed E-state index contributed by atoms with van der Waals surface area (Å²) >= 11 is 0. The summed E-state index contributed by atoms with van der Waals surface area (Å²) in [5.74, 6) is 1.76. The van der Waals surface area contributed by atoms with Crippen molar-refractivity contribution in [2.45, 2.75) is 52.6 Å². The molecule has 0 spiro atoms. The van der Waals surface area contributed by atoms with Crippen molar-refractivity contribution in [3.8, 4) is 6.07 Å². The second-order valence-corrected chi connectivity index (χ2v) is 10.6. The van der Waals surface area contributed by atoms with Gasteiger partial charge >= 0.3 is 0 Å². The Morgan fingerprint density at radius 1 is 1.18 bits per heavy atom. The molecule has 0 aromatic heterocycles. The molecule has 0 aliphatic rings. The van der Waals surface area contributed by atoms with Gasteiger partial charge in [0.1, 0.15) is 7.14 Å². The first-order valence-corrected chi connectivity index (χ1v) is 11.4. The molecule has 0 aromatic carbocycles. The Labute approximate surface area is 137 Å². The Hall–Kier alpha value is -0.230. The molecule has 0 heterocycles. The molecule has 1 unspecified atom stereocenters. The standard InChI is InChI=1S/C15H30N2O3P2/c1-14(2)17(15(3)4)21(20-12-9-10-16)19-11-7-8-13-22(5,6)18/h8,13-15H,7,9,11-12H2,1-6H3/b13-8+. The molecule has 0 aliphatic carbocycles. The maximum atomic E-state index is 11.6. The summed E-state index contributed by atoms with van der Waals surface area (Å²) < 4.78 is 25.5. The molecule has 0 amide bonds. The van der Waals surface area contributed by atoms with Gasteiger partial charge in [-0.15, -0.1) is 0 Å². The molecule has 7 heteroatoms. The van der Waals surface area contributed by atoms with Gasteiger partial charge in [-0.05, 0) is 53.3 Å². The highest BCUT2D eigenvalue weighted by molar-refractivity contribution is 7.65. The average molecular weight is 348 g/mol. The zero-order chi connectivity index (χ0) is 17.2. The van der Waals surface area contributed by atoms with Crippen LogP contribution in [0.3, 0.4) is 0 Å². The highest BCUT2D eigenvalue weighted by Gasteiger charge is 2.26. The van der Waals surface area contributed by atoms with Crippen LogP contribution in [0.25, 0.3) is 0 Å². The van der Waals surface area contributed by atoms with Crippen molar-refractivity contribution in [1.82, 2.24) is 4.67 Å².